The maximum Gasteiger partial charge on any atom is 0.230 e. The first-order valence-electron chi connectivity index (χ1n) is 6.73. The van der Waals surface area contributed by atoms with Crippen molar-refractivity contribution in [2.75, 3.05) is 30.4 Å². The van der Waals surface area contributed by atoms with Crippen molar-refractivity contribution in [3.63, 3.8) is 0 Å². The topological polar surface area (TPSA) is 53.9 Å². The fourth-order valence-electron chi connectivity index (χ4n) is 1.92. The quantitative estimate of drug-likeness (QED) is 0.907. The van der Waals surface area contributed by atoms with Gasteiger partial charge in [0.15, 0.2) is 5.82 Å². The van der Waals surface area contributed by atoms with Gasteiger partial charge in [-0.2, -0.15) is 15.0 Å². The summed E-state index contributed by atoms with van der Waals surface area (Å²) in [7, 11) is 1.77. The number of hydrogen-bond acceptors (Lipinski definition) is 5. The first kappa shape index (κ1) is 15.8. The van der Waals surface area contributed by atoms with E-state index in [1.807, 2.05) is 6.07 Å². The number of benzene rings is 1. The van der Waals surface area contributed by atoms with Crippen LogP contribution >= 0.6 is 23.2 Å². The molecule has 0 atom stereocenters. The Morgan fingerprint density at radius 3 is 2.38 bits per heavy atom. The Labute approximate surface area is 134 Å². The van der Waals surface area contributed by atoms with E-state index >= 15 is 0 Å². The molecule has 1 aromatic carbocycles. The van der Waals surface area contributed by atoms with Gasteiger partial charge in [-0.25, -0.2) is 0 Å². The monoisotopic (exact) mass is 325 g/mol. The first-order valence-corrected chi connectivity index (χ1v) is 7.48. The van der Waals surface area contributed by atoms with Crippen molar-refractivity contribution in [2.45, 2.75) is 13.8 Å². The highest BCUT2D eigenvalue weighted by atomic mass is 35.5. The van der Waals surface area contributed by atoms with Gasteiger partial charge in [0.05, 0.1) is 5.02 Å². The molecular weight excluding hydrogens is 309 g/mol. The Hall–Kier alpha value is -1.59. The summed E-state index contributed by atoms with van der Waals surface area (Å²) in [5.41, 5.74) is 0.730. The number of aromatic nitrogens is 3. The van der Waals surface area contributed by atoms with Crippen LogP contribution in [-0.4, -0.2) is 35.1 Å². The summed E-state index contributed by atoms with van der Waals surface area (Å²) >= 11 is 12.2. The molecule has 1 aromatic heterocycles. The Bertz CT molecular complexity index is 629. The van der Waals surface area contributed by atoms with Crippen LogP contribution < -0.4 is 10.2 Å². The molecule has 0 spiro atoms. The Kier molecular flexibility index (Phi) is 5.20. The van der Waals surface area contributed by atoms with Crippen LogP contribution in [0, 0.1) is 0 Å². The Morgan fingerprint density at radius 1 is 1.10 bits per heavy atom. The molecule has 0 unspecified atom stereocenters. The lowest BCUT2D eigenvalue weighted by molar-refractivity contribution is 0.815. The van der Waals surface area contributed by atoms with Gasteiger partial charge in [0.25, 0.3) is 0 Å². The van der Waals surface area contributed by atoms with Crippen LogP contribution in [0.3, 0.4) is 0 Å². The molecule has 2 rings (SSSR count). The minimum atomic E-state index is 0.507. The summed E-state index contributed by atoms with van der Waals surface area (Å²) in [4.78, 5) is 15.3. The molecule has 21 heavy (non-hydrogen) atoms. The standard InChI is InChI=1S/C14H17Cl2N5/c1-4-21(5-2)14-19-12(18-13(17-3)20-14)10-7-6-9(15)8-11(10)16/h6-8H,4-5H2,1-3H3,(H,17,18,19,20). The third kappa shape index (κ3) is 3.54. The lowest BCUT2D eigenvalue weighted by atomic mass is 10.2. The van der Waals surface area contributed by atoms with Crippen LogP contribution in [0.2, 0.25) is 10.0 Å². The summed E-state index contributed by atoms with van der Waals surface area (Å²) in [6.07, 6.45) is 0. The second-order valence-corrected chi connectivity index (χ2v) is 5.17. The molecule has 0 saturated carbocycles. The molecule has 112 valence electrons. The average molecular weight is 326 g/mol. The Balaban J connectivity index is 2.55. The van der Waals surface area contributed by atoms with Crippen molar-refractivity contribution in [2.24, 2.45) is 0 Å². The summed E-state index contributed by atoms with van der Waals surface area (Å²) in [5, 5.41) is 4.05. The molecule has 0 aliphatic heterocycles. The minimum absolute atomic E-state index is 0.507. The predicted octanol–water partition coefficient (Wildman–Crippen LogP) is 3.73. The van der Waals surface area contributed by atoms with E-state index < -0.39 is 0 Å². The van der Waals surface area contributed by atoms with E-state index in [0.29, 0.717) is 27.8 Å². The average Bonchev–Trinajstić information content (AvgIpc) is 2.48. The van der Waals surface area contributed by atoms with Crippen molar-refractivity contribution < 1.29 is 0 Å². The van der Waals surface area contributed by atoms with Gasteiger partial charge in [-0.05, 0) is 32.0 Å². The van der Waals surface area contributed by atoms with Crippen LogP contribution in [0.15, 0.2) is 18.2 Å². The molecule has 0 fully saturated rings. The van der Waals surface area contributed by atoms with Gasteiger partial charge in [0, 0.05) is 30.7 Å². The van der Waals surface area contributed by atoms with E-state index in [1.54, 1.807) is 19.2 Å². The largest absolute Gasteiger partial charge is 0.357 e. The SMILES string of the molecule is CCN(CC)c1nc(NC)nc(-c2ccc(Cl)cc2Cl)n1. The van der Waals surface area contributed by atoms with Gasteiger partial charge in [-0.15, -0.1) is 0 Å². The van der Waals surface area contributed by atoms with Gasteiger partial charge in [0.1, 0.15) is 0 Å². The van der Waals surface area contributed by atoms with Crippen LogP contribution in [0.5, 0.6) is 0 Å². The number of rotatable bonds is 5. The molecule has 1 heterocycles. The van der Waals surface area contributed by atoms with Gasteiger partial charge < -0.3 is 10.2 Å². The van der Waals surface area contributed by atoms with Crippen LogP contribution in [0.25, 0.3) is 11.4 Å². The van der Waals surface area contributed by atoms with Crippen LogP contribution in [0.4, 0.5) is 11.9 Å². The second-order valence-electron chi connectivity index (χ2n) is 4.33. The lowest BCUT2D eigenvalue weighted by Gasteiger charge is -2.19. The highest BCUT2D eigenvalue weighted by Gasteiger charge is 2.14. The van der Waals surface area contributed by atoms with E-state index in [2.05, 4.69) is 39.0 Å². The zero-order valence-electron chi connectivity index (χ0n) is 12.2. The van der Waals surface area contributed by atoms with Gasteiger partial charge >= 0.3 is 0 Å². The predicted molar refractivity (Wildman–Crippen MR) is 88.4 cm³/mol. The van der Waals surface area contributed by atoms with Crippen molar-refractivity contribution in [3.8, 4) is 11.4 Å². The highest BCUT2D eigenvalue weighted by molar-refractivity contribution is 6.36. The number of nitrogens with one attached hydrogen (secondary N) is 1. The molecule has 1 N–H and O–H groups in total. The third-order valence-electron chi connectivity index (χ3n) is 3.07. The summed E-state index contributed by atoms with van der Waals surface area (Å²) in [5.74, 6) is 1.66. The number of halogens is 2. The van der Waals surface area contributed by atoms with Crippen molar-refractivity contribution in [3.05, 3.63) is 28.2 Å². The van der Waals surface area contributed by atoms with Gasteiger partial charge in [-0.3, -0.25) is 0 Å². The number of anilines is 2. The van der Waals surface area contributed by atoms with E-state index in [0.717, 1.165) is 18.7 Å². The van der Waals surface area contributed by atoms with Gasteiger partial charge in [-0.1, -0.05) is 23.2 Å². The van der Waals surface area contributed by atoms with E-state index in [4.69, 9.17) is 23.2 Å². The molecule has 0 amide bonds. The fourth-order valence-corrected chi connectivity index (χ4v) is 2.41. The fraction of sp³-hybridized carbons (Fsp3) is 0.357. The summed E-state index contributed by atoms with van der Waals surface area (Å²) < 4.78 is 0. The molecule has 0 aliphatic rings. The summed E-state index contributed by atoms with van der Waals surface area (Å²) in [6, 6.07) is 5.26. The lowest BCUT2D eigenvalue weighted by Crippen LogP contribution is -2.25. The number of nitrogens with zero attached hydrogens (tertiary/aromatic N) is 4. The minimum Gasteiger partial charge on any atom is -0.357 e. The van der Waals surface area contributed by atoms with Crippen molar-refractivity contribution in [1.29, 1.82) is 0 Å². The zero-order chi connectivity index (χ0) is 15.4. The highest BCUT2D eigenvalue weighted by Crippen LogP contribution is 2.29. The zero-order valence-corrected chi connectivity index (χ0v) is 13.7. The van der Waals surface area contributed by atoms with E-state index in [9.17, 15) is 0 Å². The number of hydrogen-bond donors (Lipinski definition) is 1. The van der Waals surface area contributed by atoms with Crippen LogP contribution in [0.1, 0.15) is 13.8 Å². The normalized spacial score (nSPS) is 10.5. The van der Waals surface area contributed by atoms with Crippen LogP contribution in [-0.2, 0) is 0 Å². The maximum absolute atomic E-state index is 6.24. The van der Waals surface area contributed by atoms with Crippen molar-refractivity contribution >= 4 is 35.1 Å². The molecule has 0 aliphatic carbocycles. The van der Waals surface area contributed by atoms with Gasteiger partial charge in [0.2, 0.25) is 11.9 Å². The molecule has 0 bridgehead atoms. The Morgan fingerprint density at radius 2 is 1.81 bits per heavy atom. The molecule has 0 radical (unpaired) electrons. The molecular formula is C14H17Cl2N5. The maximum atomic E-state index is 6.24. The molecule has 2 aromatic rings. The van der Waals surface area contributed by atoms with E-state index in [1.165, 1.54) is 0 Å². The summed E-state index contributed by atoms with van der Waals surface area (Å²) in [6.45, 7) is 5.75. The third-order valence-corrected chi connectivity index (χ3v) is 3.61. The van der Waals surface area contributed by atoms with Crippen molar-refractivity contribution in [1.82, 2.24) is 15.0 Å². The molecule has 7 heteroatoms. The first-order chi connectivity index (χ1) is 10.1. The molecule has 5 nitrogen and oxygen atoms in total. The second kappa shape index (κ2) is 6.91. The molecule has 0 saturated heterocycles. The smallest absolute Gasteiger partial charge is 0.230 e. The van der Waals surface area contributed by atoms with E-state index in [-0.39, 0.29) is 0 Å².